The Labute approximate surface area is 312 Å². The number of halogens is 4. The van der Waals surface area contributed by atoms with E-state index in [0.717, 1.165) is 31.2 Å². The summed E-state index contributed by atoms with van der Waals surface area (Å²) in [5.41, 5.74) is 0.470. The number of methoxy groups -OCH3 is 2. The largest absolute Gasteiger partial charge is 0.573 e. The Morgan fingerprint density at radius 2 is 1.62 bits per heavy atom. The van der Waals surface area contributed by atoms with Gasteiger partial charge in [0.15, 0.2) is 0 Å². The van der Waals surface area contributed by atoms with Crippen LogP contribution in [0.3, 0.4) is 0 Å². The first kappa shape index (κ1) is 39.6. The molecule has 2 aliphatic rings. The van der Waals surface area contributed by atoms with Crippen LogP contribution in [-0.2, 0) is 24.6 Å². The molecule has 1 fully saturated rings. The highest BCUT2D eigenvalue weighted by Crippen LogP contribution is 2.52. The number of benzene rings is 3. The van der Waals surface area contributed by atoms with E-state index in [2.05, 4.69) is 15.2 Å². The van der Waals surface area contributed by atoms with E-state index in [1.807, 2.05) is 0 Å². The number of ether oxygens (including phenoxy) is 4. The molecule has 10 nitrogen and oxygen atoms in total. The summed E-state index contributed by atoms with van der Waals surface area (Å²) >= 11 is 6.32. The number of carbonyl (C=O) groups excluding carboxylic acids is 2. The van der Waals surface area contributed by atoms with Gasteiger partial charge in [-0.15, -0.1) is 13.2 Å². The van der Waals surface area contributed by atoms with Gasteiger partial charge in [0, 0.05) is 45.9 Å². The van der Waals surface area contributed by atoms with Crippen molar-refractivity contribution in [3.8, 4) is 17.2 Å². The zero-order valence-electron chi connectivity index (χ0n) is 31.1. The Morgan fingerprint density at radius 3 is 2.25 bits per heavy atom. The van der Waals surface area contributed by atoms with Crippen LogP contribution in [0.4, 0.5) is 24.5 Å². The van der Waals surface area contributed by atoms with Crippen LogP contribution < -0.4 is 24.4 Å². The first-order valence-electron chi connectivity index (χ1n) is 17.2. The third-order valence-electron chi connectivity index (χ3n) is 9.28. The van der Waals surface area contributed by atoms with Gasteiger partial charge in [0.2, 0.25) is 5.60 Å². The van der Waals surface area contributed by atoms with Crippen molar-refractivity contribution in [3.63, 3.8) is 0 Å². The van der Waals surface area contributed by atoms with Crippen LogP contribution in [-0.4, -0.2) is 55.9 Å². The summed E-state index contributed by atoms with van der Waals surface area (Å²) in [4.78, 5) is 34.9. The predicted molar refractivity (Wildman–Crippen MR) is 196 cm³/mol. The van der Waals surface area contributed by atoms with Gasteiger partial charge >= 0.3 is 12.3 Å². The highest BCUT2D eigenvalue weighted by molar-refractivity contribution is 6.30. The molecule has 0 saturated heterocycles. The second-order valence-electron chi connectivity index (χ2n) is 14.8. The number of fused-ring (bicyclic) bond motifs is 2. The Morgan fingerprint density at radius 1 is 0.925 bits per heavy atom. The normalized spacial score (nSPS) is 16.2. The fourth-order valence-corrected chi connectivity index (χ4v) is 6.89. The van der Waals surface area contributed by atoms with Crippen molar-refractivity contribution in [2.75, 3.05) is 31.0 Å². The standard InChI is InChI=1S/C39H45ClF3N3O7/c1-23(45-53-37(5,6)35(48)52-36(2,3)4)24-17-26(20-28(18-24)49-7)44-33(29-13-11-25(40)19-32(29)50-8)34(47)46-22-38(15-9-10-16-38)30-14-12-27(21-31(30)46)51-39(41,42)43/h11-14,17-21,33,44H,9-10,15-16,22H2,1-8H3. The quantitative estimate of drug-likeness (QED) is 0.117. The first-order chi connectivity index (χ1) is 24.7. The van der Waals surface area contributed by atoms with Crippen LogP contribution in [0, 0.1) is 0 Å². The summed E-state index contributed by atoms with van der Waals surface area (Å²) in [6.07, 6.45) is -1.47. The molecule has 1 aliphatic carbocycles. The molecule has 1 saturated carbocycles. The molecule has 1 atom stereocenters. The molecule has 0 aromatic heterocycles. The van der Waals surface area contributed by atoms with Crippen molar-refractivity contribution >= 4 is 40.6 Å². The highest BCUT2D eigenvalue weighted by Gasteiger charge is 2.48. The van der Waals surface area contributed by atoms with E-state index in [4.69, 9.17) is 30.6 Å². The molecule has 0 bridgehead atoms. The van der Waals surface area contributed by atoms with E-state index in [9.17, 15) is 22.8 Å². The van der Waals surface area contributed by atoms with Crippen molar-refractivity contribution < 1.29 is 46.5 Å². The third-order valence-corrected chi connectivity index (χ3v) is 9.51. The molecule has 14 heteroatoms. The number of amides is 1. The molecular formula is C39H45ClF3N3O7. The molecular weight excluding hydrogens is 715 g/mol. The molecule has 0 radical (unpaired) electrons. The van der Waals surface area contributed by atoms with Gasteiger partial charge < -0.3 is 34.0 Å². The van der Waals surface area contributed by atoms with E-state index >= 15 is 0 Å². The number of anilines is 2. The number of carbonyl (C=O) groups is 2. The lowest BCUT2D eigenvalue weighted by Crippen LogP contribution is -2.40. The van der Waals surface area contributed by atoms with Crippen molar-refractivity contribution in [1.29, 1.82) is 0 Å². The Kier molecular flexibility index (Phi) is 11.2. The zero-order valence-corrected chi connectivity index (χ0v) is 31.8. The monoisotopic (exact) mass is 759 g/mol. The molecule has 1 amide bonds. The summed E-state index contributed by atoms with van der Waals surface area (Å²) in [6, 6.07) is 13.1. The van der Waals surface area contributed by atoms with E-state index in [1.165, 1.54) is 31.3 Å². The van der Waals surface area contributed by atoms with E-state index in [1.54, 1.807) is 84.0 Å². The number of alkyl halides is 3. The summed E-state index contributed by atoms with van der Waals surface area (Å²) in [6.45, 7) is 10.3. The maximum atomic E-state index is 14.9. The molecule has 5 rings (SSSR count). The topological polar surface area (TPSA) is 108 Å². The summed E-state index contributed by atoms with van der Waals surface area (Å²) in [5.74, 6) is -0.691. The lowest BCUT2D eigenvalue weighted by atomic mass is 9.81. The summed E-state index contributed by atoms with van der Waals surface area (Å²) in [5, 5.41) is 7.96. The van der Waals surface area contributed by atoms with Gasteiger partial charge in [0.05, 0.1) is 25.6 Å². The van der Waals surface area contributed by atoms with Gasteiger partial charge in [-0.05, 0) is 90.3 Å². The summed E-state index contributed by atoms with van der Waals surface area (Å²) in [7, 11) is 2.95. The van der Waals surface area contributed by atoms with Crippen LogP contribution in [0.15, 0.2) is 59.8 Å². The molecule has 53 heavy (non-hydrogen) atoms. The van der Waals surface area contributed by atoms with Gasteiger partial charge in [-0.2, -0.15) is 0 Å². The Balaban J connectivity index is 1.55. The summed E-state index contributed by atoms with van der Waals surface area (Å²) < 4.78 is 61.0. The van der Waals surface area contributed by atoms with Gasteiger partial charge in [-0.3, -0.25) is 4.79 Å². The SMILES string of the molecule is COc1cc(NC(C(=O)N2CC3(CCCC3)c3ccc(OC(F)(F)F)cc32)c2ccc(Cl)cc2OC)cc(C(C)=NOC(C)(C)C(=O)OC(C)(C)C)c1. The number of oxime groups is 1. The molecule has 1 spiro atoms. The van der Waals surface area contributed by atoms with Gasteiger partial charge in [0.1, 0.15) is 28.9 Å². The average Bonchev–Trinajstić information content (AvgIpc) is 3.68. The molecule has 1 N–H and O–H groups in total. The molecule has 3 aromatic carbocycles. The highest BCUT2D eigenvalue weighted by atomic mass is 35.5. The third kappa shape index (κ3) is 9.12. The van der Waals surface area contributed by atoms with Gasteiger partial charge in [-0.1, -0.05) is 41.7 Å². The van der Waals surface area contributed by atoms with Crippen LogP contribution >= 0.6 is 11.6 Å². The fourth-order valence-electron chi connectivity index (χ4n) is 6.73. The van der Waals surface area contributed by atoms with E-state index in [0.29, 0.717) is 44.7 Å². The Hall–Kier alpha value is -4.65. The number of nitrogens with zero attached hydrogens (tertiary/aromatic N) is 2. The predicted octanol–water partition coefficient (Wildman–Crippen LogP) is 9.13. The van der Waals surface area contributed by atoms with Crippen molar-refractivity contribution in [2.24, 2.45) is 5.16 Å². The minimum atomic E-state index is -4.91. The van der Waals surface area contributed by atoms with E-state index < -0.39 is 46.6 Å². The number of nitrogens with one attached hydrogen (secondary N) is 1. The number of rotatable bonds is 11. The number of hydrogen-bond acceptors (Lipinski definition) is 9. The molecule has 286 valence electrons. The zero-order chi connectivity index (χ0) is 38.9. The first-order valence-corrected chi connectivity index (χ1v) is 17.6. The molecule has 3 aromatic rings. The second-order valence-corrected chi connectivity index (χ2v) is 15.3. The van der Waals surface area contributed by atoms with Gasteiger partial charge in [-0.25, -0.2) is 4.79 Å². The van der Waals surface area contributed by atoms with Crippen LogP contribution in [0.2, 0.25) is 5.02 Å². The number of hydrogen-bond donors (Lipinski definition) is 1. The van der Waals surface area contributed by atoms with Crippen LogP contribution in [0.25, 0.3) is 0 Å². The maximum absolute atomic E-state index is 14.9. The van der Waals surface area contributed by atoms with Crippen molar-refractivity contribution in [2.45, 2.75) is 96.2 Å². The number of esters is 1. The van der Waals surface area contributed by atoms with E-state index in [-0.39, 0.29) is 6.54 Å². The van der Waals surface area contributed by atoms with Crippen LogP contribution in [0.5, 0.6) is 17.2 Å². The van der Waals surface area contributed by atoms with Gasteiger partial charge in [0.25, 0.3) is 5.91 Å². The lowest BCUT2D eigenvalue weighted by molar-refractivity contribution is -0.274. The minimum absolute atomic E-state index is 0.282. The minimum Gasteiger partial charge on any atom is -0.497 e. The smallest absolute Gasteiger partial charge is 0.497 e. The Bertz CT molecular complexity index is 1880. The van der Waals surface area contributed by atoms with Crippen molar-refractivity contribution in [1.82, 2.24) is 0 Å². The molecule has 1 heterocycles. The maximum Gasteiger partial charge on any atom is 0.573 e. The molecule has 1 unspecified atom stereocenters. The average molecular weight is 760 g/mol. The molecule has 1 aliphatic heterocycles. The fraction of sp³-hybridized carbons (Fsp3) is 0.462. The second kappa shape index (κ2) is 15.0. The lowest BCUT2D eigenvalue weighted by Gasteiger charge is -2.29. The van der Waals surface area contributed by atoms with Crippen molar-refractivity contribution in [3.05, 3.63) is 76.3 Å². The van der Waals surface area contributed by atoms with Crippen LogP contribution in [0.1, 0.15) is 90.0 Å².